The van der Waals surface area contributed by atoms with Gasteiger partial charge in [0.05, 0.1) is 17.2 Å². The van der Waals surface area contributed by atoms with E-state index in [1.165, 1.54) is 5.69 Å². The number of nitrogens with zero attached hydrogens (tertiary/aromatic N) is 4. The Hall–Kier alpha value is -2.44. The average molecular weight is 273 g/mol. The molecule has 7 nitrogen and oxygen atoms in total. The maximum Gasteiger partial charge on any atom is 0.314 e. The quantitative estimate of drug-likeness (QED) is 0.680. The normalized spacial score (nSPS) is 13.2. The van der Waals surface area contributed by atoms with Crippen molar-refractivity contribution in [3.63, 3.8) is 0 Å². The number of hydrogen-bond donors (Lipinski definition) is 1. The van der Waals surface area contributed by atoms with E-state index in [0.717, 1.165) is 25.1 Å². The molecule has 0 amide bonds. The molecule has 3 rings (SSSR count). The van der Waals surface area contributed by atoms with Gasteiger partial charge in [-0.1, -0.05) is 0 Å². The number of nitro groups is 1. The van der Waals surface area contributed by atoms with E-state index < -0.39 is 4.92 Å². The maximum atomic E-state index is 11.1. The van der Waals surface area contributed by atoms with Gasteiger partial charge >= 0.3 is 5.69 Å². The molecule has 1 aliphatic rings. The predicted octanol–water partition coefficient (Wildman–Crippen LogP) is 2.05. The van der Waals surface area contributed by atoms with E-state index in [1.54, 1.807) is 19.2 Å². The van der Waals surface area contributed by atoms with Gasteiger partial charge in [-0.15, -0.1) is 0 Å². The Labute approximate surface area is 115 Å². The van der Waals surface area contributed by atoms with E-state index in [-0.39, 0.29) is 5.69 Å². The minimum Gasteiger partial charge on any atom is -0.359 e. The van der Waals surface area contributed by atoms with Gasteiger partial charge < -0.3 is 5.32 Å². The first-order valence-electron chi connectivity index (χ1n) is 6.54. The van der Waals surface area contributed by atoms with E-state index in [2.05, 4.69) is 15.4 Å². The van der Waals surface area contributed by atoms with Gasteiger partial charge in [0.2, 0.25) is 5.82 Å². The van der Waals surface area contributed by atoms with Gasteiger partial charge in [-0.3, -0.25) is 14.8 Å². The Morgan fingerprint density at radius 2 is 2.40 bits per heavy atom. The molecule has 2 aromatic rings. The van der Waals surface area contributed by atoms with Crippen LogP contribution in [0.3, 0.4) is 0 Å². The van der Waals surface area contributed by atoms with Crippen LogP contribution in [0.15, 0.2) is 18.3 Å². The zero-order chi connectivity index (χ0) is 14.1. The lowest BCUT2D eigenvalue weighted by Crippen LogP contribution is -2.07. The zero-order valence-corrected chi connectivity index (χ0v) is 11.2. The van der Waals surface area contributed by atoms with Crippen LogP contribution in [0.1, 0.15) is 23.4 Å². The summed E-state index contributed by atoms with van der Waals surface area (Å²) in [6.07, 6.45) is 3.76. The zero-order valence-electron chi connectivity index (χ0n) is 11.2. The van der Waals surface area contributed by atoms with Crippen LogP contribution in [0.4, 0.5) is 11.5 Å². The fraction of sp³-hybridized carbons (Fsp3) is 0.385. The van der Waals surface area contributed by atoms with E-state index in [9.17, 15) is 10.1 Å². The lowest BCUT2D eigenvalue weighted by atomic mass is 10.2. The number of rotatable bonds is 4. The summed E-state index contributed by atoms with van der Waals surface area (Å²) in [5.41, 5.74) is 2.74. The summed E-state index contributed by atoms with van der Waals surface area (Å²) in [5.74, 6) is 0.295. The van der Waals surface area contributed by atoms with Crippen molar-refractivity contribution in [2.24, 2.45) is 0 Å². The van der Waals surface area contributed by atoms with Crippen LogP contribution in [-0.2, 0) is 19.5 Å². The highest BCUT2D eigenvalue weighted by Crippen LogP contribution is 2.26. The van der Waals surface area contributed by atoms with Crippen LogP contribution >= 0.6 is 0 Å². The Morgan fingerprint density at radius 1 is 1.55 bits per heavy atom. The molecule has 0 spiro atoms. The summed E-state index contributed by atoms with van der Waals surface area (Å²) in [4.78, 5) is 14.7. The Kier molecular flexibility index (Phi) is 3.09. The smallest absolute Gasteiger partial charge is 0.314 e. The highest BCUT2D eigenvalue weighted by Gasteiger charge is 2.19. The summed E-state index contributed by atoms with van der Waals surface area (Å²) in [6, 6.07) is 3.68. The second-order valence-corrected chi connectivity index (χ2v) is 4.89. The van der Waals surface area contributed by atoms with Gasteiger partial charge in [0, 0.05) is 24.0 Å². The highest BCUT2D eigenvalue weighted by atomic mass is 16.6. The minimum atomic E-state index is -0.405. The molecule has 7 heteroatoms. The molecule has 2 aromatic heterocycles. The monoisotopic (exact) mass is 273 g/mol. The fourth-order valence-electron chi connectivity index (χ4n) is 2.49. The first-order valence-corrected chi connectivity index (χ1v) is 6.54. The molecule has 20 heavy (non-hydrogen) atoms. The molecule has 0 aromatic carbocycles. The van der Waals surface area contributed by atoms with Gasteiger partial charge in [0.25, 0.3) is 0 Å². The highest BCUT2D eigenvalue weighted by molar-refractivity contribution is 5.59. The third-order valence-corrected chi connectivity index (χ3v) is 3.46. The summed E-state index contributed by atoms with van der Waals surface area (Å²) >= 11 is 0. The van der Waals surface area contributed by atoms with Crippen molar-refractivity contribution >= 4 is 11.5 Å². The fourth-order valence-corrected chi connectivity index (χ4v) is 2.49. The van der Waals surface area contributed by atoms with Crippen LogP contribution in [0.2, 0.25) is 0 Å². The van der Waals surface area contributed by atoms with Crippen LogP contribution in [-0.4, -0.2) is 19.7 Å². The molecule has 0 aliphatic carbocycles. The molecular weight excluding hydrogens is 258 g/mol. The Balaban J connectivity index is 1.78. The van der Waals surface area contributed by atoms with Crippen LogP contribution in [0.5, 0.6) is 0 Å². The van der Waals surface area contributed by atoms with Crippen molar-refractivity contribution in [3.05, 3.63) is 45.4 Å². The molecule has 0 atom stereocenters. The van der Waals surface area contributed by atoms with Crippen molar-refractivity contribution in [1.82, 2.24) is 14.8 Å². The lowest BCUT2D eigenvalue weighted by Gasteiger charge is -2.06. The van der Waals surface area contributed by atoms with Crippen LogP contribution < -0.4 is 5.32 Å². The first kappa shape index (κ1) is 12.6. The molecule has 104 valence electrons. The topological polar surface area (TPSA) is 85.9 Å². The number of anilines is 1. The SMILES string of the molecule is Cc1ccnc(NCc2cc3n(n2)CCC3)c1[N+](=O)[O-]. The van der Waals surface area contributed by atoms with Crippen molar-refractivity contribution in [2.45, 2.75) is 32.9 Å². The number of fused-ring (bicyclic) bond motifs is 1. The van der Waals surface area contributed by atoms with E-state index in [0.29, 0.717) is 17.9 Å². The maximum absolute atomic E-state index is 11.1. The summed E-state index contributed by atoms with van der Waals surface area (Å²) in [6.45, 7) is 3.10. The molecule has 0 saturated carbocycles. The third kappa shape index (κ3) is 2.22. The van der Waals surface area contributed by atoms with Gasteiger partial charge in [-0.25, -0.2) is 4.98 Å². The van der Waals surface area contributed by atoms with Gasteiger partial charge in [-0.05, 0) is 31.9 Å². The summed E-state index contributed by atoms with van der Waals surface area (Å²) in [5, 5.41) is 18.5. The van der Waals surface area contributed by atoms with Crippen molar-refractivity contribution < 1.29 is 4.92 Å². The van der Waals surface area contributed by atoms with E-state index in [4.69, 9.17) is 0 Å². The molecule has 0 radical (unpaired) electrons. The molecule has 3 heterocycles. The van der Waals surface area contributed by atoms with E-state index in [1.807, 2.05) is 10.7 Å². The molecule has 1 N–H and O–H groups in total. The number of hydrogen-bond acceptors (Lipinski definition) is 5. The minimum absolute atomic E-state index is 0.0271. The van der Waals surface area contributed by atoms with Gasteiger partial charge in [0.1, 0.15) is 0 Å². The second-order valence-electron chi connectivity index (χ2n) is 4.89. The van der Waals surface area contributed by atoms with Crippen LogP contribution in [0, 0.1) is 17.0 Å². The molecule has 1 aliphatic heterocycles. The standard InChI is InChI=1S/C13H15N5O2/c1-9-4-5-14-13(12(9)18(19)20)15-8-10-7-11-3-2-6-17(11)16-10/h4-5,7H,2-3,6,8H2,1H3,(H,14,15). The Bertz CT molecular complexity index is 643. The number of pyridine rings is 1. The molecule has 0 fully saturated rings. The number of aromatic nitrogens is 3. The molecule has 0 saturated heterocycles. The molecule has 0 unspecified atom stereocenters. The summed E-state index contributed by atoms with van der Waals surface area (Å²) in [7, 11) is 0. The Morgan fingerprint density at radius 3 is 3.15 bits per heavy atom. The van der Waals surface area contributed by atoms with Crippen LogP contribution in [0.25, 0.3) is 0 Å². The second kappa shape index (κ2) is 4.92. The average Bonchev–Trinajstić information content (AvgIpc) is 2.96. The van der Waals surface area contributed by atoms with Crippen molar-refractivity contribution in [2.75, 3.05) is 5.32 Å². The first-order chi connectivity index (χ1) is 9.65. The number of aryl methyl sites for hydroxylation is 3. The molecular formula is C13H15N5O2. The lowest BCUT2D eigenvalue weighted by molar-refractivity contribution is -0.384. The third-order valence-electron chi connectivity index (χ3n) is 3.46. The van der Waals surface area contributed by atoms with Crippen molar-refractivity contribution in [1.29, 1.82) is 0 Å². The molecule has 0 bridgehead atoms. The van der Waals surface area contributed by atoms with Crippen molar-refractivity contribution in [3.8, 4) is 0 Å². The van der Waals surface area contributed by atoms with E-state index >= 15 is 0 Å². The predicted molar refractivity (Wildman–Crippen MR) is 73.5 cm³/mol. The van der Waals surface area contributed by atoms with Gasteiger partial charge in [0.15, 0.2) is 0 Å². The number of nitrogens with one attached hydrogen (secondary N) is 1. The van der Waals surface area contributed by atoms with Gasteiger partial charge in [-0.2, -0.15) is 5.10 Å². The largest absolute Gasteiger partial charge is 0.359 e. The summed E-state index contributed by atoms with van der Waals surface area (Å²) < 4.78 is 2.00.